The van der Waals surface area contributed by atoms with Gasteiger partial charge in [0.25, 0.3) is 0 Å². The Morgan fingerprint density at radius 1 is 1.20 bits per heavy atom. The summed E-state index contributed by atoms with van der Waals surface area (Å²) in [5, 5.41) is 18.9. The van der Waals surface area contributed by atoms with Crippen LogP contribution in [0.15, 0.2) is 30.3 Å². The third-order valence-corrected chi connectivity index (χ3v) is 3.22. The molecule has 1 aliphatic rings. The topological polar surface area (TPSA) is 49.7 Å². The van der Waals surface area contributed by atoms with Crippen molar-refractivity contribution >= 4 is 12.6 Å². The Balaban J connectivity index is 2.21. The fraction of sp³-hybridized carbons (Fsp3) is 0.455. The second-order valence-corrected chi connectivity index (χ2v) is 4.52. The number of hydrogen-bond donors (Lipinski definition) is 3. The lowest BCUT2D eigenvalue weighted by Crippen LogP contribution is -2.44. The normalized spacial score (nSPS) is 36.5. The van der Waals surface area contributed by atoms with Gasteiger partial charge < -0.3 is 14.9 Å². The van der Waals surface area contributed by atoms with Gasteiger partial charge in [0.05, 0.1) is 12.7 Å². The minimum absolute atomic E-state index is 0.111. The number of thiol groups is 1. The Morgan fingerprint density at radius 3 is 2.47 bits per heavy atom. The van der Waals surface area contributed by atoms with Gasteiger partial charge in [0.15, 0.2) is 0 Å². The van der Waals surface area contributed by atoms with Crippen LogP contribution >= 0.6 is 12.6 Å². The van der Waals surface area contributed by atoms with Gasteiger partial charge in [-0.05, 0) is 5.56 Å². The molecule has 4 heteroatoms. The third-order valence-electron chi connectivity index (χ3n) is 2.65. The molecule has 0 spiro atoms. The molecule has 1 heterocycles. The largest absolute Gasteiger partial charge is 0.390 e. The summed E-state index contributed by atoms with van der Waals surface area (Å²) >= 11 is 4.45. The average Bonchev–Trinajstić information content (AvgIpc) is 2.26. The highest BCUT2D eigenvalue weighted by molar-refractivity contribution is 7.81. The molecule has 3 atom stereocenters. The Labute approximate surface area is 94.1 Å². The molecule has 3 nitrogen and oxygen atoms in total. The molecule has 1 aromatic carbocycles. The van der Waals surface area contributed by atoms with Gasteiger partial charge in [-0.15, -0.1) is 12.6 Å². The van der Waals surface area contributed by atoms with Crippen molar-refractivity contribution in [2.45, 2.75) is 23.6 Å². The summed E-state index contributed by atoms with van der Waals surface area (Å²) in [7, 11) is 0. The van der Waals surface area contributed by atoms with Crippen LogP contribution in [-0.4, -0.2) is 29.0 Å². The van der Waals surface area contributed by atoms with Gasteiger partial charge in [0.2, 0.25) is 0 Å². The molecule has 1 fully saturated rings. The Kier molecular flexibility index (Phi) is 3.02. The van der Waals surface area contributed by atoms with Crippen molar-refractivity contribution in [3.8, 4) is 0 Å². The summed E-state index contributed by atoms with van der Waals surface area (Å²) in [6, 6.07) is 9.51. The second kappa shape index (κ2) is 4.14. The number of benzene rings is 1. The molecule has 1 aliphatic heterocycles. The molecule has 0 bridgehead atoms. The highest BCUT2D eigenvalue weighted by Crippen LogP contribution is 2.38. The van der Waals surface area contributed by atoms with Crippen LogP contribution in [0.5, 0.6) is 0 Å². The van der Waals surface area contributed by atoms with E-state index >= 15 is 0 Å². The first-order chi connectivity index (χ1) is 7.12. The lowest BCUT2D eigenvalue weighted by atomic mass is 9.97. The minimum Gasteiger partial charge on any atom is -0.390 e. The van der Waals surface area contributed by atoms with Gasteiger partial charge in [-0.3, -0.25) is 0 Å². The molecule has 0 aromatic heterocycles. The Morgan fingerprint density at radius 2 is 1.87 bits per heavy atom. The van der Waals surface area contributed by atoms with Crippen LogP contribution in [0, 0.1) is 0 Å². The molecule has 0 radical (unpaired) electrons. The average molecular weight is 226 g/mol. The monoisotopic (exact) mass is 226 g/mol. The number of hydrogen-bond acceptors (Lipinski definition) is 4. The summed E-state index contributed by atoms with van der Waals surface area (Å²) in [5.41, 5.74) is 0.902. The molecule has 1 unspecified atom stereocenters. The maximum Gasteiger partial charge on any atom is 0.139 e. The van der Waals surface area contributed by atoms with E-state index in [1.165, 1.54) is 0 Å². The van der Waals surface area contributed by atoms with Crippen LogP contribution in [0.3, 0.4) is 0 Å². The van der Waals surface area contributed by atoms with Crippen LogP contribution in [0.2, 0.25) is 0 Å². The van der Waals surface area contributed by atoms with Crippen molar-refractivity contribution in [3.63, 3.8) is 0 Å². The summed E-state index contributed by atoms with van der Waals surface area (Å²) in [4.78, 5) is -0.792. The Hall–Kier alpha value is -0.550. The summed E-state index contributed by atoms with van der Waals surface area (Å²) in [5.74, 6) is 0. The fourth-order valence-electron chi connectivity index (χ4n) is 1.71. The standard InChI is InChI=1S/C11H14O3S/c12-9-6-11(15,14-7-10(9)13)8-4-2-1-3-5-8/h1-5,9-10,12-13,15H,6-7H2/t9-,10+,11?/m1/s1. The van der Waals surface area contributed by atoms with E-state index in [0.29, 0.717) is 6.42 Å². The van der Waals surface area contributed by atoms with Gasteiger partial charge in [-0.25, -0.2) is 0 Å². The lowest BCUT2D eigenvalue weighted by Gasteiger charge is -2.38. The highest BCUT2D eigenvalue weighted by Gasteiger charge is 2.39. The van der Waals surface area contributed by atoms with E-state index in [-0.39, 0.29) is 6.61 Å². The van der Waals surface area contributed by atoms with E-state index in [4.69, 9.17) is 4.74 Å². The van der Waals surface area contributed by atoms with Crippen molar-refractivity contribution in [3.05, 3.63) is 35.9 Å². The number of aliphatic hydroxyl groups excluding tert-OH is 2. The maximum atomic E-state index is 9.60. The van der Waals surface area contributed by atoms with Crippen molar-refractivity contribution in [1.82, 2.24) is 0 Å². The maximum absolute atomic E-state index is 9.60. The van der Waals surface area contributed by atoms with Gasteiger partial charge >= 0.3 is 0 Å². The summed E-state index contributed by atoms with van der Waals surface area (Å²) < 4.78 is 5.49. The number of aliphatic hydroxyl groups is 2. The first kappa shape index (κ1) is 11.0. The zero-order valence-corrected chi connectivity index (χ0v) is 9.10. The van der Waals surface area contributed by atoms with E-state index in [0.717, 1.165) is 5.56 Å². The van der Waals surface area contributed by atoms with Gasteiger partial charge in [-0.1, -0.05) is 30.3 Å². The number of ether oxygens (including phenoxy) is 1. The first-order valence-corrected chi connectivity index (χ1v) is 5.34. The molecule has 0 saturated carbocycles. The molecule has 2 rings (SSSR count). The minimum atomic E-state index is -0.811. The summed E-state index contributed by atoms with van der Waals surface area (Å²) in [6.07, 6.45) is -1.30. The predicted molar refractivity (Wildman–Crippen MR) is 59.7 cm³/mol. The predicted octanol–water partition coefficient (Wildman–Crippen LogP) is 0.911. The van der Waals surface area contributed by atoms with E-state index in [2.05, 4.69) is 12.6 Å². The zero-order chi connectivity index (χ0) is 10.9. The molecular formula is C11H14O3S. The number of rotatable bonds is 1. The van der Waals surface area contributed by atoms with Gasteiger partial charge in [0.1, 0.15) is 11.0 Å². The molecule has 0 aliphatic carbocycles. The SMILES string of the molecule is O[C@@H]1CC(S)(c2ccccc2)OC[C@@H]1O. The van der Waals surface area contributed by atoms with Crippen LogP contribution in [-0.2, 0) is 9.67 Å². The van der Waals surface area contributed by atoms with Crippen LogP contribution < -0.4 is 0 Å². The molecule has 0 amide bonds. The molecular weight excluding hydrogens is 212 g/mol. The second-order valence-electron chi connectivity index (χ2n) is 3.80. The fourth-order valence-corrected chi connectivity index (χ4v) is 2.12. The molecule has 1 saturated heterocycles. The van der Waals surface area contributed by atoms with Crippen molar-refractivity contribution in [2.75, 3.05) is 6.61 Å². The van der Waals surface area contributed by atoms with Crippen LogP contribution in [0.1, 0.15) is 12.0 Å². The van der Waals surface area contributed by atoms with Crippen molar-refractivity contribution in [2.24, 2.45) is 0 Å². The van der Waals surface area contributed by atoms with E-state index in [9.17, 15) is 10.2 Å². The molecule has 2 N–H and O–H groups in total. The van der Waals surface area contributed by atoms with Gasteiger partial charge in [-0.2, -0.15) is 0 Å². The van der Waals surface area contributed by atoms with Crippen molar-refractivity contribution in [1.29, 1.82) is 0 Å². The Bertz CT molecular complexity index is 330. The quantitative estimate of drug-likeness (QED) is 0.624. The van der Waals surface area contributed by atoms with Crippen LogP contribution in [0.25, 0.3) is 0 Å². The summed E-state index contributed by atoms with van der Waals surface area (Å²) in [6.45, 7) is 0.111. The third kappa shape index (κ3) is 2.18. The first-order valence-electron chi connectivity index (χ1n) is 4.90. The molecule has 1 aromatic rings. The zero-order valence-electron chi connectivity index (χ0n) is 8.21. The van der Waals surface area contributed by atoms with Gasteiger partial charge in [0, 0.05) is 6.42 Å². The highest BCUT2D eigenvalue weighted by atomic mass is 32.1. The smallest absolute Gasteiger partial charge is 0.139 e. The van der Waals surface area contributed by atoms with Crippen molar-refractivity contribution < 1.29 is 14.9 Å². The molecule has 15 heavy (non-hydrogen) atoms. The van der Waals surface area contributed by atoms with E-state index < -0.39 is 17.1 Å². The van der Waals surface area contributed by atoms with E-state index in [1.54, 1.807) is 0 Å². The van der Waals surface area contributed by atoms with Crippen LogP contribution in [0.4, 0.5) is 0 Å². The van der Waals surface area contributed by atoms with E-state index in [1.807, 2.05) is 30.3 Å². The molecule has 82 valence electrons. The lowest BCUT2D eigenvalue weighted by molar-refractivity contribution is -0.136.